The molecular formula is C23H26N2OS2. The third-order valence-corrected chi connectivity index (χ3v) is 7.15. The Bertz CT molecular complexity index is 893. The molecule has 1 fully saturated rings. The van der Waals surface area contributed by atoms with Gasteiger partial charge in [0.1, 0.15) is 0 Å². The standard InChI is InChI=1S/C23H26N2OS2/c1-2-14-25(22(26)21-9-6-15-27-21)23-24-20(16-28-23)19-12-10-18(11-13-19)17-7-4-3-5-8-17/h6,9-13,15-17H,2-5,7-8,14H2,1H3. The average Bonchev–Trinajstić information content (AvgIpc) is 3.45. The fourth-order valence-electron chi connectivity index (χ4n) is 3.92. The second-order valence-corrected chi connectivity index (χ2v) is 9.19. The molecular weight excluding hydrogens is 384 g/mol. The van der Waals surface area contributed by atoms with Gasteiger partial charge in [-0.05, 0) is 42.2 Å². The fraction of sp³-hybridized carbons (Fsp3) is 0.391. The highest BCUT2D eigenvalue weighted by atomic mass is 32.1. The minimum absolute atomic E-state index is 0.0467. The van der Waals surface area contributed by atoms with Crippen LogP contribution < -0.4 is 4.90 Å². The van der Waals surface area contributed by atoms with Crippen molar-refractivity contribution in [3.63, 3.8) is 0 Å². The molecule has 0 unspecified atom stereocenters. The molecule has 3 aromatic rings. The number of thiophene rings is 1. The van der Waals surface area contributed by atoms with Crippen LogP contribution in [0.5, 0.6) is 0 Å². The van der Waals surface area contributed by atoms with Gasteiger partial charge in [-0.15, -0.1) is 22.7 Å². The number of anilines is 1. The second kappa shape index (κ2) is 9.01. The first kappa shape index (κ1) is 19.3. The van der Waals surface area contributed by atoms with Crippen molar-refractivity contribution in [2.24, 2.45) is 0 Å². The summed E-state index contributed by atoms with van der Waals surface area (Å²) in [7, 11) is 0. The Morgan fingerprint density at radius 3 is 2.57 bits per heavy atom. The van der Waals surface area contributed by atoms with Gasteiger partial charge in [0, 0.05) is 17.5 Å². The maximum Gasteiger partial charge on any atom is 0.270 e. The van der Waals surface area contributed by atoms with E-state index in [1.165, 1.54) is 49.0 Å². The van der Waals surface area contributed by atoms with E-state index in [0.717, 1.165) is 33.6 Å². The first-order chi connectivity index (χ1) is 13.8. The molecule has 0 bridgehead atoms. The fourth-order valence-corrected chi connectivity index (χ4v) is 5.45. The van der Waals surface area contributed by atoms with Crippen molar-refractivity contribution >= 4 is 33.7 Å². The van der Waals surface area contributed by atoms with E-state index >= 15 is 0 Å². The molecule has 0 atom stereocenters. The van der Waals surface area contributed by atoms with E-state index in [1.54, 1.807) is 11.3 Å². The predicted molar refractivity (Wildman–Crippen MR) is 120 cm³/mol. The number of carbonyl (C=O) groups is 1. The van der Waals surface area contributed by atoms with Gasteiger partial charge in [-0.1, -0.05) is 56.5 Å². The number of hydrogen-bond donors (Lipinski definition) is 0. The zero-order chi connectivity index (χ0) is 19.3. The average molecular weight is 411 g/mol. The van der Waals surface area contributed by atoms with Crippen LogP contribution in [0, 0.1) is 0 Å². The summed E-state index contributed by atoms with van der Waals surface area (Å²) in [5, 5.41) is 4.79. The third kappa shape index (κ3) is 4.20. The Balaban J connectivity index is 1.53. The Hall–Kier alpha value is -1.98. The van der Waals surface area contributed by atoms with Gasteiger partial charge in [0.25, 0.3) is 5.91 Å². The van der Waals surface area contributed by atoms with Gasteiger partial charge >= 0.3 is 0 Å². The third-order valence-electron chi connectivity index (χ3n) is 5.43. The number of carbonyl (C=O) groups excluding carboxylic acids is 1. The molecule has 3 nitrogen and oxygen atoms in total. The van der Waals surface area contributed by atoms with E-state index in [0.29, 0.717) is 6.54 Å². The van der Waals surface area contributed by atoms with Crippen molar-refractivity contribution in [2.75, 3.05) is 11.4 Å². The first-order valence-corrected chi connectivity index (χ1v) is 11.9. The first-order valence-electron chi connectivity index (χ1n) is 10.2. The number of thiazole rings is 1. The van der Waals surface area contributed by atoms with Crippen molar-refractivity contribution in [3.05, 3.63) is 57.6 Å². The van der Waals surface area contributed by atoms with Crippen LogP contribution in [0.4, 0.5) is 5.13 Å². The van der Waals surface area contributed by atoms with E-state index in [9.17, 15) is 4.79 Å². The molecule has 1 saturated carbocycles. The Labute approximate surface area is 175 Å². The maximum absolute atomic E-state index is 12.9. The Kier molecular flexibility index (Phi) is 6.23. The lowest BCUT2D eigenvalue weighted by molar-refractivity contribution is 0.0991. The van der Waals surface area contributed by atoms with Crippen molar-refractivity contribution in [3.8, 4) is 11.3 Å². The number of amides is 1. The van der Waals surface area contributed by atoms with Crippen LogP contribution in [0.1, 0.15) is 66.6 Å². The summed E-state index contributed by atoms with van der Waals surface area (Å²) >= 11 is 3.03. The largest absolute Gasteiger partial charge is 0.283 e. The molecule has 28 heavy (non-hydrogen) atoms. The summed E-state index contributed by atoms with van der Waals surface area (Å²) in [4.78, 5) is 20.2. The quantitative estimate of drug-likeness (QED) is 0.439. The van der Waals surface area contributed by atoms with E-state index in [4.69, 9.17) is 4.98 Å². The van der Waals surface area contributed by atoms with E-state index in [2.05, 4.69) is 36.6 Å². The van der Waals surface area contributed by atoms with Crippen molar-refractivity contribution in [1.82, 2.24) is 4.98 Å². The molecule has 0 aliphatic heterocycles. The monoisotopic (exact) mass is 410 g/mol. The molecule has 2 aromatic heterocycles. The van der Waals surface area contributed by atoms with Gasteiger partial charge in [-0.25, -0.2) is 4.98 Å². The lowest BCUT2D eigenvalue weighted by Gasteiger charge is -2.22. The van der Waals surface area contributed by atoms with Gasteiger partial charge < -0.3 is 0 Å². The van der Waals surface area contributed by atoms with Crippen LogP contribution >= 0.6 is 22.7 Å². The maximum atomic E-state index is 12.9. The highest BCUT2D eigenvalue weighted by molar-refractivity contribution is 7.14. The Morgan fingerprint density at radius 1 is 1.11 bits per heavy atom. The summed E-state index contributed by atoms with van der Waals surface area (Å²) in [6.07, 6.45) is 7.63. The summed E-state index contributed by atoms with van der Waals surface area (Å²) in [6.45, 7) is 2.78. The van der Waals surface area contributed by atoms with Crippen LogP contribution in [-0.4, -0.2) is 17.4 Å². The Morgan fingerprint density at radius 2 is 1.89 bits per heavy atom. The number of rotatable bonds is 6. The van der Waals surface area contributed by atoms with Gasteiger partial charge in [-0.3, -0.25) is 9.69 Å². The molecule has 1 aromatic carbocycles. The van der Waals surface area contributed by atoms with E-state index < -0.39 is 0 Å². The van der Waals surface area contributed by atoms with E-state index in [1.807, 2.05) is 22.4 Å². The summed E-state index contributed by atoms with van der Waals surface area (Å²) in [6, 6.07) is 12.7. The van der Waals surface area contributed by atoms with Crippen LogP contribution in [0.2, 0.25) is 0 Å². The van der Waals surface area contributed by atoms with Crippen molar-refractivity contribution in [1.29, 1.82) is 0 Å². The lowest BCUT2D eigenvalue weighted by Crippen LogP contribution is -2.30. The van der Waals surface area contributed by atoms with Crippen LogP contribution in [0.25, 0.3) is 11.3 Å². The molecule has 2 heterocycles. The molecule has 0 radical (unpaired) electrons. The van der Waals surface area contributed by atoms with Crippen molar-refractivity contribution < 1.29 is 4.79 Å². The zero-order valence-electron chi connectivity index (χ0n) is 16.3. The van der Waals surface area contributed by atoms with Crippen LogP contribution in [-0.2, 0) is 0 Å². The smallest absolute Gasteiger partial charge is 0.270 e. The highest BCUT2D eigenvalue weighted by Gasteiger charge is 2.21. The summed E-state index contributed by atoms with van der Waals surface area (Å²) in [5.41, 5.74) is 3.54. The molecule has 146 valence electrons. The molecule has 1 aliphatic carbocycles. The minimum atomic E-state index is 0.0467. The van der Waals surface area contributed by atoms with Gasteiger partial charge in [-0.2, -0.15) is 0 Å². The van der Waals surface area contributed by atoms with Gasteiger partial charge in [0.2, 0.25) is 0 Å². The zero-order valence-corrected chi connectivity index (χ0v) is 17.9. The summed E-state index contributed by atoms with van der Waals surface area (Å²) in [5.74, 6) is 0.766. The lowest BCUT2D eigenvalue weighted by atomic mass is 9.84. The molecule has 0 N–H and O–H groups in total. The molecule has 0 saturated heterocycles. The number of nitrogens with zero attached hydrogens (tertiary/aromatic N) is 2. The van der Waals surface area contributed by atoms with Crippen LogP contribution in [0.3, 0.4) is 0 Å². The van der Waals surface area contributed by atoms with E-state index in [-0.39, 0.29) is 5.91 Å². The molecule has 1 amide bonds. The normalized spacial score (nSPS) is 14.9. The minimum Gasteiger partial charge on any atom is -0.283 e. The van der Waals surface area contributed by atoms with Gasteiger partial charge in [0.15, 0.2) is 5.13 Å². The number of benzene rings is 1. The van der Waals surface area contributed by atoms with Gasteiger partial charge in [0.05, 0.1) is 10.6 Å². The topological polar surface area (TPSA) is 33.2 Å². The predicted octanol–water partition coefficient (Wildman–Crippen LogP) is 6.98. The second-order valence-electron chi connectivity index (χ2n) is 7.41. The SMILES string of the molecule is CCCN(C(=O)c1cccs1)c1nc(-c2ccc(C3CCCCC3)cc2)cs1. The molecule has 0 spiro atoms. The molecule has 1 aliphatic rings. The number of hydrogen-bond acceptors (Lipinski definition) is 4. The number of aromatic nitrogens is 1. The summed E-state index contributed by atoms with van der Waals surface area (Å²) < 4.78 is 0. The highest BCUT2D eigenvalue weighted by Crippen LogP contribution is 2.34. The van der Waals surface area contributed by atoms with Crippen molar-refractivity contribution in [2.45, 2.75) is 51.4 Å². The van der Waals surface area contributed by atoms with Crippen LogP contribution in [0.15, 0.2) is 47.2 Å². The molecule has 5 heteroatoms. The molecule has 4 rings (SSSR count).